The van der Waals surface area contributed by atoms with Crippen LogP contribution in [-0.4, -0.2) is 41.4 Å². The van der Waals surface area contributed by atoms with Crippen LogP contribution in [0.5, 0.6) is 0 Å². The third kappa shape index (κ3) is 2.47. The van der Waals surface area contributed by atoms with Crippen LogP contribution in [0.4, 0.5) is 4.79 Å². The SMILES string of the molecule is CC(C)(C)OC(=O)N1CCC(C2C3C(CO)C23)CC1. The number of likely N-dealkylation sites (tertiary alicyclic amines) is 1. The van der Waals surface area contributed by atoms with Crippen molar-refractivity contribution >= 4 is 6.09 Å². The Kier molecular flexibility index (Phi) is 3.04. The van der Waals surface area contributed by atoms with Crippen LogP contribution >= 0.6 is 0 Å². The Balaban J connectivity index is 1.42. The minimum Gasteiger partial charge on any atom is -0.444 e. The van der Waals surface area contributed by atoms with E-state index in [1.54, 1.807) is 0 Å². The number of aliphatic hydroxyl groups excluding tert-OH is 1. The summed E-state index contributed by atoms with van der Waals surface area (Å²) in [7, 11) is 0. The summed E-state index contributed by atoms with van der Waals surface area (Å²) in [6, 6.07) is 0. The number of hydrogen-bond donors (Lipinski definition) is 1. The number of aliphatic hydroxyl groups is 1. The summed E-state index contributed by atoms with van der Waals surface area (Å²) in [4.78, 5) is 13.8. The van der Waals surface area contributed by atoms with Gasteiger partial charge in [-0.1, -0.05) is 0 Å². The molecule has 4 nitrogen and oxygen atoms in total. The molecule has 0 aromatic rings. The first-order valence-electron chi connectivity index (χ1n) is 7.51. The molecule has 0 radical (unpaired) electrons. The zero-order valence-electron chi connectivity index (χ0n) is 12.1. The monoisotopic (exact) mass is 267 g/mol. The van der Waals surface area contributed by atoms with Crippen LogP contribution in [0.3, 0.4) is 0 Å². The zero-order valence-corrected chi connectivity index (χ0v) is 12.1. The summed E-state index contributed by atoms with van der Waals surface area (Å²) < 4.78 is 5.41. The molecule has 2 aliphatic carbocycles. The number of nitrogens with zero attached hydrogens (tertiary/aromatic N) is 1. The van der Waals surface area contributed by atoms with Gasteiger partial charge in [-0.2, -0.15) is 0 Å². The molecule has 1 saturated heterocycles. The van der Waals surface area contributed by atoms with Crippen LogP contribution < -0.4 is 0 Å². The van der Waals surface area contributed by atoms with Gasteiger partial charge in [-0.05, 0) is 63.2 Å². The second-order valence-corrected chi connectivity index (χ2v) is 7.38. The molecule has 0 aromatic carbocycles. The van der Waals surface area contributed by atoms with Crippen molar-refractivity contribution in [2.75, 3.05) is 19.7 Å². The lowest BCUT2D eigenvalue weighted by atomic mass is 9.85. The van der Waals surface area contributed by atoms with E-state index in [2.05, 4.69) is 0 Å². The van der Waals surface area contributed by atoms with Gasteiger partial charge in [0.1, 0.15) is 5.60 Å². The first-order chi connectivity index (χ1) is 8.92. The maximum Gasteiger partial charge on any atom is 0.410 e. The lowest BCUT2D eigenvalue weighted by Gasteiger charge is -2.34. The van der Waals surface area contributed by atoms with Crippen LogP contribution in [0, 0.1) is 29.6 Å². The molecule has 19 heavy (non-hydrogen) atoms. The summed E-state index contributed by atoms with van der Waals surface area (Å²) in [6.07, 6.45) is 2.05. The minimum atomic E-state index is -0.402. The maximum atomic E-state index is 11.9. The fraction of sp³-hybridized carbons (Fsp3) is 0.933. The van der Waals surface area contributed by atoms with Crippen molar-refractivity contribution in [2.24, 2.45) is 29.6 Å². The minimum absolute atomic E-state index is 0.167. The molecule has 0 spiro atoms. The number of carbonyl (C=O) groups is 1. The van der Waals surface area contributed by atoms with Gasteiger partial charge in [0.05, 0.1) is 0 Å². The number of ether oxygens (including phenoxy) is 1. The number of amides is 1. The Labute approximate surface area is 115 Å². The number of fused-ring (bicyclic) bond motifs is 1. The van der Waals surface area contributed by atoms with Crippen molar-refractivity contribution in [3.63, 3.8) is 0 Å². The first-order valence-corrected chi connectivity index (χ1v) is 7.51. The highest BCUT2D eigenvalue weighted by Gasteiger charge is 2.73. The molecule has 3 fully saturated rings. The highest BCUT2D eigenvalue weighted by molar-refractivity contribution is 5.68. The van der Waals surface area contributed by atoms with Crippen molar-refractivity contribution in [3.05, 3.63) is 0 Å². The van der Waals surface area contributed by atoms with E-state index in [-0.39, 0.29) is 6.09 Å². The predicted octanol–water partition coefficient (Wildman–Crippen LogP) is 2.12. The van der Waals surface area contributed by atoms with Gasteiger partial charge in [0, 0.05) is 19.7 Å². The van der Waals surface area contributed by atoms with Crippen LogP contribution in [0.2, 0.25) is 0 Å². The van der Waals surface area contributed by atoms with Crippen LogP contribution in [0.1, 0.15) is 33.6 Å². The Morgan fingerprint density at radius 2 is 1.79 bits per heavy atom. The van der Waals surface area contributed by atoms with Crippen molar-refractivity contribution in [1.82, 2.24) is 4.90 Å². The largest absolute Gasteiger partial charge is 0.444 e. The molecule has 108 valence electrons. The van der Waals surface area contributed by atoms with E-state index >= 15 is 0 Å². The second kappa shape index (κ2) is 4.37. The van der Waals surface area contributed by atoms with Gasteiger partial charge in [-0.3, -0.25) is 0 Å². The summed E-state index contributed by atoms with van der Waals surface area (Å²) >= 11 is 0. The van der Waals surface area contributed by atoms with Gasteiger partial charge in [0.15, 0.2) is 0 Å². The van der Waals surface area contributed by atoms with E-state index in [9.17, 15) is 4.79 Å². The molecule has 1 heterocycles. The van der Waals surface area contributed by atoms with Gasteiger partial charge in [-0.15, -0.1) is 0 Å². The molecule has 1 amide bonds. The molecule has 3 rings (SSSR count). The van der Waals surface area contributed by atoms with Crippen LogP contribution in [-0.2, 0) is 4.74 Å². The number of piperidine rings is 1. The van der Waals surface area contributed by atoms with E-state index < -0.39 is 5.60 Å². The third-order valence-electron chi connectivity index (χ3n) is 4.99. The summed E-state index contributed by atoms with van der Waals surface area (Å²) in [5.41, 5.74) is -0.402. The molecule has 3 aliphatic rings. The predicted molar refractivity (Wildman–Crippen MR) is 71.6 cm³/mol. The van der Waals surface area contributed by atoms with E-state index in [0.717, 1.165) is 49.6 Å². The van der Waals surface area contributed by atoms with Crippen molar-refractivity contribution < 1.29 is 14.6 Å². The van der Waals surface area contributed by atoms with Crippen molar-refractivity contribution in [1.29, 1.82) is 0 Å². The average Bonchev–Trinajstić information content (AvgIpc) is 3.18. The molecular formula is C15H25NO3. The van der Waals surface area contributed by atoms with Gasteiger partial charge in [0.2, 0.25) is 0 Å². The molecule has 0 bridgehead atoms. The van der Waals surface area contributed by atoms with Crippen molar-refractivity contribution in [2.45, 2.75) is 39.2 Å². The molecule has 4 heteroatoms. The Morgan fingerprint density at radius 1 is 1.21 bits per heavy atom. The van der Waals surface area contributed by atoms with E-state index in [0.29, 0.717) is 12.5 Å². The molecule has 2 unspecified atom stereocenters. The lowest BCUT2D eigenvalue weighted by molar-refractivity contribution is 0.0163. The molecule has 0 aromatic heterocycles. The van der Waals surface area contributed by atoms with Crippen LogP contribution in [0.25, 0.3) is 0 Å². The first kappa shape index (κ1) is 13.2. The van der Waals surface area contributed by atoms with Crippen molar-refractivity contribution in [3.8, 4) is 0 Å². The number of rotatable bonds is 2. The Morgan fingerprint density at radius 3 is 2.26 bits per heavy atom. The van der Waals surface area contributed by atoms with E-state index in [1.165, 1.54) is 0 Å². The smallest absolute Gasteiger partial charge is 0.410 e. The summed E-state index contributed by atoms with van der Waals surface area (Å²) in [5.74, 6) is 3.90. The standard InChI is InChI=1S/C15H25NO3/c1-15(2,3)19-14(18)16-6-4-9(5-7-16)11-12-10(8-17)13(11)12/h9-13,17H,4-8H2,1-3H3. The fourth-order valence-electron chi connectivity index (χ4n) is 3.90. The molecular weight excluding hydrogens is 242 g/mol. The fourth-order valence-corrected chi connectivity index (χ4v) is 3.90. The summed E-state index contributed by atoms with van der Waals surface area (Å²) in [6.45, 7) is 7.76. The Hall–Kier alpha value is -0.770. The van der Waals surface area contributed by atoms with E-state index in [4.69, 9.17) is 9.84 Å². The van der Waals surface area contributed by atoms with Gasteiger partial charge >= 0.3 is 6.09 Å². The van der Waals surface area contributed by atoms with Gasteiger partial charge in [-0.25, -0.2) is 4.79 Å². The average molecular weight is 267 g/mol. The van der Waals surface area contributed by atoms with E-state index in [1.807, 2.05) is 25.7 Å². The molecule has 1 aliphatic heterocycles. The topological polar surface area (TPSA) is 49.8 Å². The zero-order chi connectivity index (χ0) is 13.8. The van der Waals surface area contributed by atoms with Gasteiger partial charge < -0.3 is 14.7 Å². The molecule has 1 N–H and O–H groups in total. The second-order valence-electron chi connectivity index (χ2n) is 7.38. The lowest BCUT2D eigenvalue weighted by Crippen LogP contribution is -2.42. The Bertz CT molecular complexity index is 358. The normalized spacial score (nSPS) is 37.8. The maximum absolute atomic E-state index is 11.9. The highest BCUT2D eigenvalue weighted by Crippen LogP contribution is 2.76. The number of hydrogen-bond acceptors (Lipinski definition) is 3. The molecule has 2 saturated carbocycles. The molecule has 2 atom stereocenters. The van der Waals surface area contributed by atoms with Crippen LogP contribution in [0.15, 0.2) is 0 Å². The third-order valence-corrected chi connectivity index (χ3v) is 4.99. The quantitative estimate of drug-likeness (QED) is 0.833. The number of carbonyl (C=O) groups excluding carboxylic acids is 1. The highest BCUT2D eigenvalue weighted by atomic mass is 16.6. The summed E-state index contributed by atoms with van der Waals surface area (Å²) in [5, 5.41) is 9.08. The van der Waals surface area contributed by atoms with Gasteiger partial charge in [0.25, 0.3) is 0 Å².